The van der Waals surface area contributed by atoms with E-state index in [0.717, 1.165) is 12.8 Å². The number of carbonyl (C=O) groups excluding carboxylic acids is 1. The van der Waals surface area contributed by atoms with Gasteiger partial charge in [0.15, 0.2) is 17.3 Å². The van der Waals surface area contributed by atoms with Crippen LogP contribution in [0.3, 0.4) is 0 Å². The average molecular weight is 477 g/mol. The molecule has 180 valence electrons. The summed E-state index contributed by atoms with van der Waals surface area (Å²) in [5.74, 6) is -1.68. The fourth-order valence-electron chi connectivity index (χ4n) is 4.08. The summed E-state index contributed by atoms with van der Waals surface area (Å²) in [6.45, 7) is 4.32. The van der Waals surface area contributed by atoms with Gasteiger partial charge in [-0.1, -0.05) is 6.92 Å². The van der Waals surface area contributed by atoms with Gasteiger partial charge in [-0.25, -0.2) is 14.4 Å². The van der Waals surface area contributed by atoms with Gasteiger partial charge >= 0.3 is 6.18 Å². The Hall–Kier alpha value is -3.57. The van der Waals surface area contributed by atoms with Crippen LogP contribution in [-0.2, 0) is 6.18 Å². The Kier molecular flexibility index (Phi) is 6.49. The summed E-state index contributed by atoms with van der Waals surface area (Å²) in [7, 11) is 0. The molecule has 0 spiro atoms. The maximum Gasteiger partial charge on any atom is 0.417 e. The van der Waals surface area contributed by atoms with Gasteiger partial charge in [0.2, 0.25) is 0 Å². The van der Waals surface area contributed by atoms with E-state index in [1.165, 1.54) is 17.2 Å². The number of hydrogen-bond acceptors (Lipinski definition) is 6. The Labute approximate surface area is 193 Å². The first-order chi connectivity index (χ1) is 16.1. The Morgan fingerprint density at radius 2 is 1.97 bits per heavy atom. The molecule has 2 atom stereocenters. The van der Waals surface area contributed by atoms with Gasteiger partial charge in [0, 0.05) is 25.0 Å². The number of nitrogens with one attached hydrogen (secondary N) is 1. The summed E-state index contributed by atoms with van der Waals surface area (Å²) < 4.78 is 52.7. The van der Waals surface area contributed by atoms with Crippen LogP contribution in [0.25, 0.3) is 5.69 Å². The van der Waals surface area contributed by atoms with Crippen molar-refractivity contribution >= 4 is 11.7 Å². The van der Waals surface area contributed by atoms with Crippen molar-refractivity contribution in [3.05, 3.63) is 59.6 Å². The van der Waals surface area contributed by atoms with Crippen molar-refractivity contribution < 1.29 is 22.4 Å². The van der Waals surface area contributed by atoms with Crippen molar-refractivity contribution in [2.75, 3.05) is 18.4 Å². The van der Waals surface area contributed by atoms with E-state index in [-0.39, 0.29) is 35.9 Å². The SMILES string of the molecule is Cc1ccc(-n2nccn2)c(C(=O)N2CCCC(C)C2CNc2ncc(C(F)(F)F)cc2F)n1. The molecule has 4 heterocycles. The van der Waals surface area contributed by atoms with E-state index in [1.54, 1.807) is 24.0 Å². The molecule has 1 amide bonds. The number of pyridine rings is 2. The Balaban J connectivity index is 1.58. The van der Waals surface area contributed by atoms with Crippen molar-refractivity contribution in [2.24, 2.45) is 5.92 Å². The molecule has 0 radical (unpaired) electrons. The van der Waals surface area contributed by atoms with Gasteiger partial charge in [-0.3, -0.25) is 4.79 Å². The molecule has 12 heteroatoms. The molecule has 3 aromatic heterocycles. The molecule has 0 aliphatic carbocycles. The highest BCUT2D eigenvalue weighted by Crippen LogP contribution is 2.31. The summed E-state index contributed by atoms with van der Waals surface area (Å²) in [4.78, 5) is 24.6. The van der Waals surface area contributed by atoms with Crippen LogP contribution in [0.4, 0.5) is 23.4 Å². The van der Waals surface area contributed by atoms with Crippen molar-refractivity contribution in [2.45, 2.75) is 38.9 Å². The zero-order valence-electron chi connectivity index (χ0n) is 18.6. The van der Waals surface area contributed by atoms with Gasteiger partial charge in [-0.2, -0.15) is 23.4 Å². The van der Waals surface area contributed by atoms with Gasteiger partial charge in [0.25, 0.3) is 5.91 Å². The first-order valence-corrected chi connectivity index (χ1v) is 10.8. The van der Waals surface area contributed by atoms with Crippen molar-refractivity contribution in [1.82, 2.24) is 29.9 Å². The summed E-state index contributed by atoms with van der Waals surface area (Å²) in [5.41, 5.74) is 0.105. The number of anilines is 1. The number of aromatic nitrogens is 5. The second-order valence-corrected chi connectivity index (χ2v) is 8.26. The van der Waals surface area contributed by atoms with Crippen LogP contribution >= 0.6 is 0 Å². The number of halogens is 4. The minimum Gasteiger partial charge on any atom is -0.366 e. The lowest BCUT2D eigenvalue weighted by Crippen LogP contribution is -2.51. The Morgan fingerprint density at radius 1 is 1.24 bits per heavy atom. The first-order valence-electron chi connectivity index (χ1n) is 10.8. The molecular weight excluding hydrogens is 454 g/mol. The fraction of sp³-hybridized carbons (Fsp3) is 0.409. The van der Waals surface area contributed by atoms with E-state index < -0.39 is 17.6 Å². The van der Waals surface area contributed by atoms with E-state index in [4.69, 9.17) is 0 Å². The van der Waals surface area contributed by atoms with E-state index >= 15 is 0 Å². The number of alkyl halides is 3. The van der Waals surface area contributed by atoms with Gasteiger partial charge in [-0.15, -0.1) is 4.80 Å². The number of carbonyl (C=O) groups is 1. The number of nitrogens with zero attached hydrogens (tertiary/aromatic N) is 6. The van der Waals surface area contributed by atoms with Crippen molar-refractivity contribution in [1.29, 1.82) is 0 Å². The molecule has 4 rings (SSSR count). The lowest BCUT2D eigenvalue weighted by Gasteiger charge is -2.40. The maximum absolute atomic E-state index is 14.3. The highest BCUT2D eigenvalue weighted by Gasteiger charge is 2.35. The molecular formula is C22H23F4N7O. The largest absolute Gasteiger partial charge is 0.417 e. The molecule has 0 aromatic carbocycles. The third-order valence-corrected chi connectivity index (χ3v) is 5.87. The van der Waals surface area contributed by atoms with Gasteiger partial charge in [0.1, 0.15) is 5.69 Å². The zero-order chi connectivity index (χ0) is 24.5. The van der Waals surface area contributed by atoms with Gasteiger partial charge in [0.05, 0.1) is 24.0 Å². The van der Waals surface area contributed by atoms with Crippen LogP contribution in [0.5, 0.6) is 0 Å². The third-order valence-electron chi connectivity index (χ3n) is 5.87. The zero-order valence-corrected chi connectivity index (χ0v) is 18.6. The van der Waals surface area contributed by atoms with Crippen LogP contribution < -0.4 is 5.32 Å². The standard InChI is InChI=1S/C22H23F4N7O/c1-13-4-3-9-32(18(13)12-28-20-16(23)10-15(11-27-20)22(24,25)26)21(34)19-17(6-5-14(2)31-19)33-29-7-8-30-33/h5-8,10-11,13,18H,3-4,9,12H2,1-2H3,(H,27,28). The molecule has 8 nitrogen and oxygen atoms in total. The smallest absolute Gasteiger partial charge is 0.366 e. The summed E-state index contributed by atoms with van der Waals surface area (Å²) >= 11 is 0. The lowest BCUT2D eigenvalue weighted by molar-refractivity contribution is -0.138. The van der Waals surface area contributed by atoms with Crippen LogP contribution in [0.2, 0.25) is 0 Å². The minimum absolute atomic E-state index is 0.0544. The van der Waals surface area contributed by atoms with E-state index in [2.05, 4.69) is 25.5 Å². The lowest BCUT2D eigenvalue weighted by atomic mass is 9.90. The molecule has 2 unspecified atom stereocenters. The maximum atomic E-state index is 14.3. The quantitative estimate of drug-likeness (QED) is 0.562. The average Bonchev–Trinajstić information content (AvgIpc) is 3.32. The summed E-state index contributed by atoms with van der Waals surface area (Å²) in [6, 6.07) is 3.53. The molecule has 0 saturated carbocycles. The molecule has 1 N–H and O–H groups in total. The highest BCUT2D eigenvalue weighted by atomic mass is 19.4. The molecule has 1 aliphatic heterocycles. The van der Waals surface area contributed by atoms with Crippen molar-refractivity contribution in [3.8, 4) is 5.69 Å². The van der Waals surface area contributed by atoms with Crippen molar-refractivity contribution in [3.63, 3.8) is 0 Å². The number of aryl methyl sites for hydroxylation is 1. The molecule has 1 fully saturated rings. The predicted molar refractivity (Wildman–Crippen MR) is 115 cm³/mol. The Bertz CT molecular complexity index is 1170. The second kappa shape index (κ2) is 9.35. The number of amides is 1. The number of piperidine rings is 1. The normalized spacial score (nSPS) is 18.7. The summed E-state index contributed by atoms with van der Waals surface area (Å²) in [5, 5.41) is 11.0. The third kappa shape index (κ3) is 4.85. The fourth-order valence-corrected chi connectivity index (χ4v) is 4.08. The van der Waals surface area contributed by atoms with E-state index in [9.17, 15) is 22.4 Å². The van der Waals surface area contributed by atoms with Crippen LogP contribution in [0, 0.1) is 18.7 Å². The summed E-state index contributed by atoms with van der Waals surface area (Å²) in [6.07, 6.45) is 0.504. The number of likely N-dealkylation sites (tertiary alicyclic amines) is 1. The molecule has 1 saturated heterocycles. The van der Waals surface area contributed by atoms with E-state index in [0.29, 0.717) is 30.2 Å². The van der Waals surface area contributed by atoms with Gasteiger partial charge in [-0.05, 0) is 43.9 Å². The monoisotopic (exact) mass is 477 g/mol. The Morgan fingerprint density at radius 3 is 2.65 bits per heavy atom. The predicted octanol–water partition coefficient (Wildman–Crippen LogP) is 3.88. The minimum atomic E-state index is -4.69. The molecule has 0 bridgehead atoms. The van der Waals surface area contributed by atoms with E-state index in [1.807, 2.05) is 6.92 Å². The molecule has 3 aromatic rings. The number of hydrogen-bond donors (Lipinski definition) is 1. The topological polar surface area (TPSA) is 88.8 Å². The van der Waals surface area contributed by atoms with Crippen LogP contribution in [0.15, 0.2) is 36.8 Å². The van der Waals surface area contributed by atoms with Crippen LogP contribution in [0.1, 0.15) is 41.5 Å². The molecule has 1 aliphatic rings. The second-order valence-electron chi connectivity index (χ2n) is 8.26. The first kappa shape index (κ1) is 23.6. The van der Waals surface area contributed by atoms with Crippen LogP contribution in [-0.4, -0.2) is 54.9 Å². The van der Waals surface area contributed by atoms with Gasteiger partial charge < -0.3 is 10.2 Å². The highest BCUT2D eigenvalue weighted by molar-refractivity contribution is 5.96. The number of rotatable bonds is 5. The molecule has 34 heavy (non-hydrogen) atoms.